The van der Waals surface area contributed by atoms with Crippen molar-refractivity contribution >= 4 is 16.8 Å². The number of benzene rings is 3. The standard InChI is InChI=1S/C26H23FN2O3/c27-21-9-5-18(6-10-21)15-29-16-20(22-3-1-2-4-23(22)29)8-12-26(30)28-14-19-7-11-24-25(13-19)32-17-31-24/h1-7,9-11,13,16H,8,12,14-15,17H2,(H,28,30). The van der Waals surface area contributed by atoms with Gasteiger partial charge in [-0.05, 0) is 53.4 Å². The predicted molar refractivity (Wildman–Crippen MR) is 120 cm³/mol. The maximum Gasteiger partial charge on any atom is 0.231 e. The summed E-state index contributed by atoms with van der Waals surface area (Å²) in [6.45, 7) is 1.33. The number of fused-ring (bicyclic) bond motifs is 2. The van der Waals surface area contributed by atoms with Crippen molar-refractivity contribution in [3.8, 4) is 11.5 Å². The molecule has 0 spiro atoms. The van der Waals surface area contributed by atoms with Crippen molar-refractivity contribution in [2.24, 2.45) is 0 Å². The van der Waals surface area contributed by atoms with E-state index in [4.69, 9.17) is 9.47 Å². The fourth-order valence-corrected chi connectivity index (χ4v) is 4.03. The SMILES string of the molecule is O=C(CCc1cn(Cc2ccc(F)cc2)c2ccccc12)NCc1ccc2c(c1)OCO2. The lowest BCUT2D eigenvalue weighted by Gasteiger charge is -2.06. The van der Waals surface area contributed by atoms with Crippen molar-refractivity contribution in [2.45, 2.75) is 25.9 Å². The molecule has 1 N–H and O–H groups in total. The summed E-state index contributed by atoms with van der Waals surface area (Å²) in [6, 6.07) is 20.4. The summed E-state index contributed by atoms with van der Waals surface area (Å²) in [6.07, 6.45) is 3.14. The topological polar surface area (TPSA) is 52.5 Å². The Morgan fingerprint density at radius 2 is 1.75 bits per heavy atom. The first kappa shape index (κ1) is 20.1. The van der Waals surface area contributed by atoms with Crippen LogP contribution in [-0.2, 0) is 24.3 Å². The van der Waals surface area contributed by atoms with Gasteiger partial charge in [0.05, 0.1) is 0 Å². The number of aromatic nitrogens is 1. The van der Waals surface area contributed by atoms with Crippen molar-refractivity contribution in [3.05, 3.63) is 95.4 Å². The second-order valence-electron chi connectivity index (χ2n) is 7.89. The molecule has 0 bridgehead atoms. The summed E-state index contributed by atoms with van der Waals surface area (Å²) < 4.78 is 26.1. The van der Waals surface area contributed by atoms with Crippen molar-refractivity contribution in [3.63, 3.8) is 0 Å². The molecule has 4 aromatic rings. The third kappa shape index (κ3) is 4.30. The van der Waals surface area contributed by atoms with Gasteiger partial charge < -0.3 is 19.4 Å². The van der Waals surface area contributed by atoms with Crippen LogP contribution in [-0.4, -0.2) is 17.3 Å². The normalized spacial score (nSPS) is 12.3. The molecule has 1 aliphatic heterocycles. The van der Waals surface area contributed by atoms with Crippen LogP contribution < -0.4 is 14.8 Å². The summed E-state index contributed by atoms with van der Waals surface area (Å²) in [5, 5.41) is 4.12. The van der Waals surface area contributed by atoms with Gasteiger partial charge in [-0.25, -0.2) is 4.39 Å². The van der Waals surface area contributed by atoms with Gasteiger partial charge in [-0.1, -0.05) is 36.4 Å². The van der Waals surface area contributed by atoms with Crippen LogP contribution in [0.3, 0.4) is 0 Å². The van der Waals surface area contributed by atoms with Gasteiger partial charge in [0.15, 0.2) is 11.5 Å². The van der Waals surface area contributed by atoms with E-state index in [1.165, 1.54) is 12.1 Å². The molecule has 0 unspecified atom stereocenters. The Balaban J connectivity index is 1.24. The number of nitrogens with zero attached hydrogens (tertiary/aromatic N) is 1. The fraction of sp³-hybridized carbons (Fsp3) is 0.192. The molecular weight excluding hydrogens is 407 g/mol. The van der Waals surface area contributed by atoms with Crippen molar-refractivity contribution < 1.29 is 18.7 Å². The number of carbonyl (C=O) groups is 1. The molecule has 1 amide bonds. The van der Waals surface area contributed by atoms with E-state index in [1.807, 2.05) is 30.3 Å². The van der Waals surface area contributed by atoms with Crippen LogP contribution >= 0.6 is 0 Å². The van der Waals surface area contributed by atoms with Gasteiger partial charge in [0.2, 0.25) is 12.7 Å². The molecule has 5 rings (SSSR count). The molecule has 0 atom stereocenters. The predicted octanol–water partition coefficient (Wildman–Crippen LogP) is 4.81. The number of rotatable bonds is 7. The lowest BCUT2D eigenvalue weighted by atomic mass is 10.1. The summed E-state index contributed by atoms with van der Waals surface area (Å²) >= 11 is 0. The minimum atomic E-state index is -0.237. The first-order valence-corrected chi connectivity index (χ1v) is 10.6. The van der Waals surface area contributed by atoms with Crippen LogP contribution in [0.4, 0.5) is 4.39 Å². The van der Waals surface area contributed by atoms with E-state index in [0.717, 1.165) is 33.3 Å². The number of carbonyl (C=O) groups excluding carboxylic acids is 1. The molecule has 5 nitrogen and oxygen atoms in total. The number of ether oxygens (including phenoxy) is 2. The zero-order valence-corrected chi connectivity index (χ0v) is 17.5. The Kier molecular flexibility index (Phi) is 5.50. The molecule has 0 saturated carbocycles. The molecule has 0 aliphatic carbocycles. The van der Waals surface area contributed by atoms with Crippen molar-refractivity contribution in [1.29, 1.82) is 0 Å². The average Bonchev–Trinajstić information content (AvgIpc) is 3.42. The van der Waals surface area contributed by atoms with Gasteiger partial charge in [-0.2, -0.15) is 0 Å². The molecule has 6 heteroatoms. The van der Waals surface area contributed by atoms with Crippen molar-refractivity contribution in [1.82, 2.24) is 9.88 Å². The second-order valence-corrected chi connectivity index (χ2v) is 7.89. The third-order valence-electron chi connectivity index (χ3n) is 5.69. The van der Waals surface area contributed by atoms with Gasteiger partial charge in [0.1, 0.15) is 5.82 Å². The van der Waals surface area contributed by atoms with Crippen LogP contribution in [0.15, 0.2) is 72.9 Å². The summed E-state index contributed by atoms with van der Waals surface area (Å²) in [5.74, 6) is 1.21. The highest BCUT2D eigenvalue weighted by atomic mass is 19.1. The molecule has 0 radical (unpaired) electrons. The molecule has 162 valence electrons. The summed E-state index contributed by atoms with van der Waals surface area (Å²) in [7, 11) is 0. The molecule has 1 aromatic heterocycles. The van der Waals surface area contributed by atoms with Crippen molar-refractivity contribution in [2.75, 3.05) is 6.79 Å². The van der Waals surface area contributed by atoms with Crippen LogP contribution in [0.2, 0.25) is 0 Å². The number of hydrogen-bond donors (Lipinski definition) is 1. The van der Waals surface area contributed by atoms with Gasteiger partial charge in [-0.15, -0.1) is 0 Å². The maximum absolute atomic E-state index is 13.2. The second kappa shape index (κ2) is 8.75. The highest BCUT2D eigenvalue weighted by Crippen LogP contribution is 2.32. The Morgan fingerprint density at radius 3 is 2.62 bits per heavy atom. The molecule has 32 heavy (non-hydrogen) atoms. The smallest absolute Gasteiger partial charge is 0.231 e. The Hall–Kier alpha value is -3.80. The zero-order chi connectivity index (χ0) is 21.9. The largest absolute Gasteiger partial charge is 0.454 e. The quantitative estimate of drug-likeness (QED) is 0.458. The first-order chi connectivity index (χ1) is 15.7. The lowest BCUT2D eigenvalue weighted by Crippen LogP contribution is -2.22. The Morgan fingerprint density at radius 1 is 0.969 bits per heavy atom. The number of hydrogen-bond acceptors (Lipinski definition) is 3. The molecule has 0 fully saturated rings. The van der Waals surface area contributed by atoms with E-state index >= 15 is 0 Å². The van der Waals surface area contributed by atoms with Gasteiger partial charge in [-0.3, -0.25) is 4.79 Å². The van der Waals surface area contributed by atoms with E-state index in [9.17, 15) is 9.18 Å². The number of amides is 1. The van der Waals surface area contributed by atoms with E-state index < -0.39 is 0 Å². The van der Waals surface area contributed by atoms with Gasteiger partial charge >= 0.3 is 0 Å². The average molecular weight is 430 g/mol. The highest BCUT2D eigenvalue weighted by molar-refractivity contribution is 5.85. The van der Waals surface area contributed by atoms with E-state index in [0.29, 0.717) is 31.7 Å². The number of para-hydroxylation sites is 1. The maximum atomic E-state index is 13.2. The molecule has 2 heterocycles. The van der Waals surface area contributed by atoms with Crippen LogP contribution in [0.25, 0.3) is 10.9 Å². The number of halogens is 1. The Labute approximate surface area is 185 Å². The zero-order valence-electron chi connectivity index (χ0n) is 17.5. The Bertz CT molecular complexity index is 1260. The summed E-state index contributed by atoms with van der Waals surface area (Å²) in [5.41, 5.74) is 4.23. The lowest BCUT2D eigenvalue weighted by molar-refractivity contribution is -0.121. The number of nitrogens with one attached hydrogen (secondary N) is 1. The van der Waals surface area contributed by atoms with Crippen LogP contribution in [0.5, 0.6) is 11.5 Å². The van der Waals surface area contributed by atoms with Gasteiger partial charge in [0.25, 0.3) is 0 Å². The van der Waals surface area contributed by atoms with E-state index in [-0.39, 0.29) is 18.5 Å². The van der Waals surface area contributed by atoms with Crippen LogP contribution in [0, 0.1) is 5.82 Å². The fourth-order valence-electron chi connectivity index (χ4n) is 4.03. The molecule has 3 aromatic carbocycles. The minimum Gasteiger partial charge on any atom is -0.454 e. The first-order valence-electron chi connectivity index (χ1n) is 10.6. The number of aryl methyl sites for hydroxylation is 1. The third-order valence-corrected chi connectivity index (χ3v) is 5.69. The van der Waals surface area contributed by atoms with Gasteiger partial charge in [0, 0.05) is 36.6 Å². The van der Waals surface area contributed by atoms with E-state index in [2.05, 4.69) is 28.2 Å². The molecular formula is C26H23FN2O3. The molecule has 0 saturated heterocycles. The monoisotopic (exact) mass is 430 g/mol. The molecule has 1 aliphatic rings. The highest BCUT2D eigenvalue weighted by Gasteiger charge is 2.14. The van der Waals surface area contributed by atoms with Crippen LogP contribution in [0.1, 0.15) is 23.1 Å². The minimum absolute atomic E-state index is 0.00182. The summed E-state index contributed by atoms with van der Waals surface area (Å²) in [4.78, 5) is 12.5. The van der Waals surface area contributed by atoms with E-state index in [1.54, 1.807) is 12.1 Å².